The van der Waals surface area contributed by atoms with Crippen LogP contribution in [0.25, 0.3) is 0 Å². The number of carbonyl (C=O) groups is 1. The first-order valence-electron chi connectivity index (χ1n) is 4.55. The molecular formula is C12H13ClO2. The number of ketones is 1. The summed E-state index contributed by atoms with van der Waals surface area (Å²) in [6, 6.07) is 5.22. The van der Waals surface area contributed by atoms with Crippen LogP contribution in [-0.2, 0) is 11.2 Å². The Bertz CT molecular complexity index is 397. The van der Waals surface area contributed by atoms with E-state index in [1.807, 2.05) is 0 Å². The Morgan fingerprint density at radius 1 is 1.53 bits per heavy atom. The fraction of sp³-hybridized carbons (Fsp3) is 0.250. The van der Waals surface area contributed by atoms with Gasteiger partial charge < -0.3 is 4.74 Å². The second-order valence-corrected chi connectivity index (χ2v) is 3.77. The molecule has 0 unspecified atom stereocenters. The van der Waals surface area contributed by atoms with E-state index in [1.165, 1.54) is 0 Å². The lowest BCUT2D eigenvalue weighted by Crippen LogP contribution is -2.04. The first-order chi connectivity index (χ1) is 7.04. The van der Waals surface area contributed by atoms with E-state index in [0.717, 1.165) is 5.56 Å². The molecule has 0 N–H and O–H groups in total. The Balaban J connectivity index is 2.97. The molecule has 0 aromatic heterocycles. The van der Waals surface area contributed by atoms with Gasteiger partial charge in [-0.05, 0) is 30.7 Å². The van der Waals surface area contributed by atoms with Gasteiger partial charge in [0.1, 0.15) is 5.75 Å². The van der Waals surface area contributed by atoms with Crippen LogP contribution >= 0.6 is 11.6 Å². The van der Waals surface area contributed by atoms with E-state index in [9.17, 15) is 4.79 Å². The molecule has 2 nitrogen and oxygen atoms in total. The molecule has 3 heteroatoms. The number of methoxy groups -OCH3 is 1. The van der Waals surface area contributed by atoms with Gasteiger partial charge in [-0.25, -0.2) is 0 Å². The molecule has 80 valence electrons. The van der Waals surface area contributed by atoms with Gasteiger partial charge in [-0.1, -0.05) is 18.2 Å². The zero-order chi connectivity index (χ0) is 11.4. The Hall–Kier alpha value is -1.28. The molecule has 1 aromatic rings. The van der Waals surface area contributed by atoms with Crippen LogP contribution in [0.3, 0.4) is 0 Å². The van der Waals surface area contributed by atoms with Crippen molar-refractivity contribution < 1.29 is 9.53 Å². The number of carbonyl (C=O) groups excluding carboxylic acids is 1. The number of halogens is 1. The van der Waals surface area contributed by atoms with Crippen LogP contribution in [0.1, 0.15) is 12.5 Å². The second kappa shape index (κ2) is 4.99. The lowest BCUT2D eigenvalue weighted by Gasteiger charge is -2.08. The van der Waals surface area contributed by atoms with Gasteiger partial charge in [0.05, 0.1) is 7.11 Å². The Morgan fingerprint density at radius 2 is 2.20 bits per heavy atom. The minimum Gasteiger partial charge on any atom is -0.496 e. The number of hydrogen-bond donors (Lipinski definition) is 0. The molecule has 0 heterocycles. The van der Waals surface area contributed by atoms with E-state index in [0.29, 0.717) is 16.3 Å². The molecule has 0 radical (unpaired) electrons. The molecule has 0 amide bonds. The summed E-state index contributed by atoms with van der Waals surface area (Å²) in [6.45, 7) is 5.30. The van der Waals surface area contributed by atoms with Crippen molar-refractivity contribution in [1.82, 2.24) is 0 Å². The number of allylic oxidation sites excluding steroid dienone is 1. The van der Waals surface area contributed by atoms with Gasteiger partial charge in [0.2, 0.25) is 0 Å². The van der Waals surface area contributed by atoms with E-state index in [1.54, 1.807) is 32.2 Å². The fourth-order valence-electron chi connectivity index (χ4n) is 1.21. The summed E-state index contributed by atoms with van der Waals surface area (Å²) in [5.74, 6) is 0.671. The molecule has 0 saturated heterocycles. The summed E-state index contributed by atoms with van der Waals surface area (Å²) in [7, 11) is 1.57. The van der Waals surface area contributed by atoms with Gasteiger partial charge in [0, 0.05) is 17.0 Å². The number of hydrogen-bond acceptors (Lipinski definition) is 2. The van der Waals surface area contributed by atoms with Gasteiger partial charge in [-0.2, -0.15) is 0 Å². The molecule has 1 rings (SSSR count). The summed E-state index contributed by atoms with van der Waals surface area (Å²) < 4.78 is 5.14. The zero-order valence-corrected chi connectivity index (χ0v) is 9.60. The van der Waals surface area contributed by atoms with Crippen molar-refractivity contribution in [1.29, 1.82) is 0 Å². The molecule has 0 aliphatic heterocycles. The molecule has 0 bridgehead atoms. The summed E-state index contributed by atoms with van der Waals surface area (Å²) in [4.78, 5) is 11.5. The minimum absolute atomic E-state index is 0.00410. The lowest BCUT2D eigenvalue weighted by molar-refractivity contribution is -0.114. The Morgan fingerprint density at radius 3 is 2.73 bits per heavy atom. The highest BCUT2D eigenvalue weighted by Crippen LogP contribution is 2.23. The SMILES string of the molecule is C=C(C)C(=O)Cc1cc(Cl)ccc1OC. The van der Waals surface area contributed by atoms with E-state index in [2.05, 4.69) is 6.58 Å². The predicted molar refractivity (Wildman–Crippen MR) is 61.5 cm³/mol. The third-order valence-corrected chi connectivity index (χ3v) is 2.30. The topological polar surface area (TPSA) is 26.3 Å². The fourth-order valence-corrected chi connectivity index (χ4v) is 1.40. The maximum atomic E-state index is 11.5. The molecule has 0 saturated carbocycles. The maximum Gasteiger partial charge on any atom is 0.162 e. The highest BCUT2D eigenvalue weighted by atomic mass is 35.5. The molecular weight excluding hydrogens is 212 g/mol. The molecule has 1 aromatic carbocycles. The van der Waals surface area contributed by atoms with E-state index >= 15 is 0 Å². The molecule has 0 aliphatic rings. The normalized spacial score (nSPS) is 9.80. The smallest absolute Gasteiger partial charge is 0.162 e. The zero-order valence-electron chi connectivity index (χ0n) is 8.84. The predicted octanol–water partition coefficient (Wildman–Crippen LogP) is 3.04. The van der Waals surface area contributed by atoms with Crippen LogP contribution in [0.5, 0.6) is 5.75 Å². The summed E-state index contributed by atoms with van der Waals surface area (Å²) in [6.07, 6.45) is 0.277. The van der Waals surface area contributed by atoms with E-state index < -0.39 is 0 Å². The standard InChI is InChI=1S/C12H13ClO2/c1-8(2)11(14)7-9-6-10(13)4-5-12(9)15-3/h4-6H,1,7H2,2-3H3. The monoisotopic (exact) mass is 224 g/mol. The first kappa shape index (κ1) is 11.8. The molecule has 0 spiro atoms. The van der Waals surface area contributed by atoms with Crippen molar-refractivity contribution in [2.24, 2.45) is 0 Å². The van der Waals surface area contributed by atoms with Crippen LogP contribution in [0.4, 0.5) is 0 Å². The summed E-state index contributed by atoms with van der Waals surface area (Å²) >= 11 is 5.85. The average molecular weight is 225 g/mol. The van der Waals surface area contributed by atoms with Gasteiger partial charge in [-0.15, -0.1) is 0 Å². The average Bonchev–Trinajstić information content (AvgIpc) is 2.18. The van der Waals surface area contributed by atoms with Crippen molar-refractivity contribution in [2.45, 2.75) is 13.3 Å². The Labute approximate surface area is 94.5 Å². The first-order valence-corrected chi connectivity index (χ1v) is 4.93. The number of ether oxygens (including phenoxy) is 1. The summed E-state index contributed by atoms with van der Waals surface area (Å²) in [5, 5.41) is 0.598. The number of rotatable bonds is 4. The van der Waals surface area contributed by atoms with Crippen molar-refractivity contribution >= 4 is 17.4 Å². The Kier molecular flexibility index (Phi) is 3.92. The van der Waals surface area contributed by atoms with Crippen LogP contribution in [0.15, 0.2) is 30.4 Å². The molecule has 15 heavy (non-hydrogen) atoms. The quantitative estimate of drug-likeness (QED) is 0.735. The highest BCUT2D eigenvalue weighted by molar-refractivity contribution is 6.30. The van der Waals surface area contributed by atoms with Gasteiger partial charge in [-0.3, -0.25) is 4.79 Å². The second-order valence-electron chi connectivity index (χ2n) is 3.34. The van der Waals surface area contributed by atoms with Crippen molar-refractivity contribution in [3.05, 3.63) is 40.9 Å². The number of Topliss-reactive ketones (excluding diaryl/α,β-unsaturated/α-hetero) is 1. The molecule has 0 atom stereocenters. The van der Waals surface area contributed by atoms with E-state index in [-0.39, 0.29) is 12.2 Å². The largest absolute Gasteiger partial charge is 0.496 e. The summed E-state index contributed by atoms with van der Waals surface area (Å²) in [5.41, 5.74) is 1.33. The molecule has 0 aliphatic carbocycles. The third kappa shape index (κ3) is 3.10. The van der Waals surface area contributed by atoms with E-state index in [4.69, 9.17) is 16.3 Å². The van der Waals surface area contributed by atoms with Crippen LogP contribution in [-0.4, -0.2) is 12.9 Å². The molecule has 0 fully saturated rings. The van der Waals surface area contributed by atoms with Crippen molar-refractivity contribution in [2.75, 3.05) is 7.11 Å². The van der Waals surface area contributed by atoms with Gasteiger partial charge in [0.15, 0.2) is 5.78 Å². The van der Waals surface area contributed by atoms with Crippen molar-refractivity contribution in [3.63, 3.8) is 0 Å². The maximum absolute atomic E-state index is 11.5. The van der Waals surface area contributed by atoms with Gasteiger partial charge in [0.25, 0.3) is 0 Å². The van der Waals surface area contributed by atoms with Crippen LogP contribution in [0, 0.1) is 0 Å². The third-order valence-electron chi connectivity index (χ3n) is 2.07. The van der Waals surface area contributed by atoms with Crippen LogP contribution < -0.4 is 4.74 Å². The number of benzene rings is 1. The lowest BCUT2D eigenvalue weighted by atomic mass is 10.0. The van der Waals surface area contributed by atoms with Gasteiger partial charge >= 0.3 is 0 Å². The highest BCUT2D eigenvalue weighted by Gasteiger charge is 2.09. The van der Waals surface area contributed by atoms with Crippen LogP contribution in [0.2, 0.25) is 5.02 Å². The van der Waals surface area contributed by atoms with Crippen molar-refractivity contribution in [3.8, 4) is 5.75 Å². The minimum atomic E-state index is -0.00410.